The fourth-order valence-electron chi connectivity index (χ4n) is 1.70. The molecule has 18 heavy (non-hydrogen) atoms. The molecule has 0 saturated carbocycles. The summed E-state index contributed by atoms with van der Waals surface area (Å²) in [5.41, 5.74) is 0. The van der Waals surface area contributed by atoms with Crippen molar-refractivity contribution in [3.05, 3.63) is 0 Å². The maximum Gasteiger partial charge on any atom is 0.191 e. The lowest BCUT2D eigenvalue weighted by molar-refractivity contribution is 0.0950. The van der Waals surface area contributed by atoms with Crippen molar-refractivity contribution in [3.63, 3.8) is 0 Å². The Kier molecular flexibility index (Phi) is 11.9. The van der Waals surface area contributed by atoms with Crippen LogP contribution < -0.4 is 10.6 Å². The molecule has 0 aromatic rings. The molecule has 0 aromatic heterocycles. The molecule has 1 aliphatic heterocycles. The predicted molar refractivity (Wildman–Crippen MR) is 84.8 cm³/mol. The molecule has 0 bridgehead atoms. The van der Waals surface area contributed by atoms with Gasteiger partial charge in [-0.05, 0) is 20.3 Å². The van der Waals surface area contributed by atoms with Crippen LogP contribution in [-0.4, -0.2) is 52.0 Å². The van der Waals surface area contributed by atoms with E-state index in [2.05, 4.69) is 29.5 Å². The molecule has 2 N–H and O–H groups in total. The molecule has 0 spiro atoms. The highest BCUT2D eigenvalue weighted by Crippen LogP contribution is 2.11. The van der Waals surface area contributed by atoms with Crippen LogP contribution in [0, 0.1) is 5.92 Å². The van der Waals surface area contributed by atoms with Gasteiger partial charge in [0.1, 0.15) is 0 Å². The second-order valence-electron chi connectivity index (χ2n) is 4.10. The molecular weight excluding hydrogens is 345 g/mol. The number of guanidine groups is 1. The molecule has 0 aliphatic carbocycles. The molecule has 5 nitrogen and oxygen atoms in total. The number of halogens is 1. The van der Waals surface area contributed by atoms with E-state index in [1.807, 2.05) is 0 Å². The van der Waals surface area contributed by atoms with Crippen LogP contribution in [-0.2, 0) is 9.47 Å². The summed E-state index contributed by atoms with van der Waals surface area (Å²) in [5, 5.41) is 6.36. The second kappa shape index (κ2) is 12.0. The van der Waals surface area contributed by atoms with Gasteiger partial charge in [0.2, 0.25) is 0 Å². The van der Waals surface area contributed by atoms with Crippen molar-refractivity contribution in [1.29, 1.82) is 0 Å². The Bertz CT molecular complexity index is 213. The van der Waals surface area contributed by atoms with Gasteiger partial charge in [-0.1, -0.05) is 0 Å². The average molecular weight is 371 g/mol. The van der Waals surface area contributed by atoms with Crippen molar-refractivity contribution in [3.8, 4) is 0 Å². The monoisotopic (exact) mass is 371 g/mol. The number of rotatable bonds is 7. The van der Waals surface area contributed by atoms with E-state index in [9.17, 15) is 0 Å². The SMILES string of the molecule is CCNC(=NCCOCC1CCOC1)NCC.I. The lowest BCUT2D eigenvalue weighted by Gasteiger charge is -2.10. The number of hydrogen-bond donors (Lipinski definition) is 2. The minimum absolute atomic E-state index is 0. The molecule has 0 radical (unpaired) electrons. The van der Waals surface area contributed by atoms with Crippen molar-refractivity contribution in [2.45, 2.75) is 20.3 Å². The lowest BCUT2D eigenvalue weighted by atomic mass is 10.1. The van der Waals surface area contributed by atoms with Crippen molar-refractivity contribution in [1.82, 2.24) is 10.6 Å². The first-order chi connectivity index (χ1) is 8.36. The van der Waals surface area contributed by atoms with E-state index in [-0.39, 0.29) is 24.0 Å². The maximum atomic E-state index is 5.58. The zero-order chi connectivity index (χ0) is 12.3. The summed E-state index contributed by atoms with van der Waals surface area (Å²) in [5.74, 6) is 1.45. The van der Waals surface area contributed by atoms with Crippen LogP contribution in [0.1, 0.15) is 20.3 Å². The first-order valence-electron chi connectivity index (χ1n) is 6.54. The standard InChI is InChI=1S/C12H25N3O2.HI/c1-3-13-12(14-4-2)15-6-8-17-10-11-5-7-16-9-11;/h11H,3-10H2,1-2H3,(H2,13,14,15);1H. The van der Waals surface area contributed by atoms with Gasteiger partial charge in [-0.25, -0.2) is 0 Å². The van der Waals surface area contributed by atoms with Crippen LogP contribution in [0.2, 0.25) is 0 Å². The topological polar surface area (TPSA) is 54.9 Å². The second-order valence-corrected chi connectivity index (χ2v) is 4.10. The summed E-state index contributed by atoms with van der Waals surface area (Å²) in [6.45, 7) is 9.79. The van der Waals surface area contributed by atoms with Crippen LogP contribution >= 0.6 is 24.0 Å². The van der Waals surface area contributed by atoms with Crippen molar-refractivity contribution < 1.29 is 9.47 Å². The molecule has 6 heteroatoms. The first kappa shape index (κ1) is 17.9. The minimum atomic E-state index is 0. The van der Waals surface area contributed by atoms with Crippen LogP contribution in [0.5, 0.6) is 0 Å². The van der Waals surface area contributed by atoms with E-state index in [1.54, 1.807) is 0 Å². The van der Waals surface area contributed by atoms with Gasteiger partial charge in [0.25, 0.3) is 0 Å². The molecule has 1 heterocycles. The molecule has 1 saturated heterocycles. The van der Waals surface area contributed by atoms with Gasteiger partial charge in [0.15, 0.2) is 5.96 Å². The molecule has 1 unspecified atom stereocenters. The quantitative estimate of drug-likeness (QED) is 0.306. The number of ether oxygens (including phenoxy) is 2. The summed E-state index contributed by atoms with van der Waals surface area (Å²) in [7, 11) is 0. The molecule has 1 fully saturated rings. The Morgan fingerprint density at radius 2 is 2.06 bits per heavy atom. The average Bonchev–Trinajstić information content (AvgIpc) is 2.82. The first-order valence-corrected chi connectivity index (χ1v) is 6.54. The lowest BCUT2D eigenvalue weighted by Crippen LogP contribution is -2.37. The third kappa shape index (κ3) is 8.10. The van der Waals surface area contributed by atoms with Gasteiger partial charge in [-0.15, -0.1) is 24.0 Å². The Labute approximate surface area is 127 Å². The third-order valence-corrected chi connectivity index (χ3v) is 2.57. The van der Waals surface area contributed by atoms with Gasteiger partial charge >= 0.3 is 0 Å². The van der Waals surface area contributed by atoms with E-state index in [0.29, 0.717) is 19.1 Å². The van der Waals surface area contributed by atoms with Crippen molar-refractivity contribution >= 4 is 29.9 Å². The maximum absolute atomic E-state index is 5.58. The number of aliphatic imine (C=N–C) groups is 1. The Balaban J connectivity index is 0.00000289. The van der Waals surface area contributed by atoms with Gasteiger partial charge in [-0.3, -0.25) is 4.99 Å². The largest absolute Gasteiger partial charge is 0.381 e. The van der Waals surface area contributed by atoms with Gasteiger partial charge < -0.3 is 20.1 Å². The van der Waals surface area contributed by atoms with Gasteiger partial charge in [0.05, 0.1) is 26.4 Å². The van der Waals surface area contributed by atoms with E-state index in [1.165, 1.54) is 0 Å². The minimum Gasteiger partial charge on any atom is -0.381 e. The number of nitrogens with one attached hydrogen (secondary N) is 2. The fourth-order valence-corrected chi connectivity index (χ4v) is 1.70. The Hall–Kier alpha value is -0.0800. The summed E-state index contributed by atoms with van der Waals surface area (Å²) in [6.07, 6.45) is 1.13. The van der Waals surface area contributed by atoms with E-state index >= 15 is 0 Å². The molecular formula is C12H26IN3O2. The van der Waals surface area contributed by atoms with Gasteiger partial charge in [-0.2, -0.15) is 0 Å². The zero-order valence-corrected chi connectivity index (χ0v) is 13.7. The molecule has 0 aromatic carbocycles. The molecule has 108 valence electrons. The molecule has 0 amide bonds. The van der Waals surface area contributed by atoms with Crippen LogP contribution in [0.25, 0.3) is 0 Å². The summed E-state index contributed by atoms with van der Waals surface area (Å²) < 4.78 is 10.9. The Morgan fingerprint density at radius 1 is 1.33 bits per heavy atom. The summed E-state index contributed by atoms with van der Waals surface area (Å²) >= 11 is 0. The zero-order valence-electron chi connectivity index (χ0n) is 11.4. The van der Waals surface area contributed by atoms with E-state index in [0.717, 1.165) is 45.3 Å². The van der Waals surface area contributed by atoms with Crippen LogP contribution in [0.3, 0.4) is 0 Å². The predicted octanol–water partition coefficient (Wildman–Crippen LogP) is 1.23. The highest BCUT2D eigenvalue weighted by Gasteiger charge is 2.14. The van der Waals surface area contributed by atoms with Crippen molar-refractivity contribution in [2.75, 3.05) is 46.1 Å². The van der Waals surface area contributed by atoms with Crippen LogP contribution in [0.4, 0.5) is 0 Å². The Morgan fingerprint density at radius 3 is 2.61 bits per heavy atom. The number of nitrogens with zero attached hydrogens (tertiary/aromatic N) is 1. The molecule has 1 aliphatic rings. The summed E-state index contributed by atoms with van der Waals surface area (Å²) in [4.78, 5) is 4.41. The van der Waals surface area contributed by atoms with Crippen LogP contribution in [0.15, 0.2) is 4.99 Å². The van der Waals surface area contributed by atoms with E-state index in [4.69, 9.17) is 9.47 Å². The summed E-state index contributed by atoms with van der Waals surface area (Å²) in [6, 6.07) is 0. The van der Waals surface area contributed by atoms with Gasteiger partial charge in [0, 0.05) is 25.6 Å². The smallest absolute Gasteiger partial charge is 0.191 e. The fraction of sp³-hybridized carbons (Fsp3) is 0.917. The number of hydrogen-bond acceptors (Lipinski definition) is 3. The highest BCUT2D eigenvalue weighted by atomic mass is 127. The normalized spacial score (nSPS) is 18.0. The van der Waals surface area contributed by atoms with Crippen molar-refractivity contribution in [2.24, 2.45) is 10.9 Å². The third-order valence-electron chi connectivity index (χ3n) is 2.57. The highest BCUT2D eigenvalue weighted by molar-refractivity contribution is 14.0. The molecule has 1 atom stereocenters. The van der Waals surface area contributed by atoms with E-state index < -0.39 is 0 Å². The molecule has 1 rings (SSSR count).